The number of fused-ring (bicyclic) bond motifs is 1. The number of nitrogens with one attached hydrogen (secondary N) is 1. The lowest BCUT2D eigenvalue weighted by Gasteiger charge is -2.06. The van der Waals surface area contributed by atoms with Crippen molar-refractivity contribution < 1.29 is 0 Å². The minimum Gasteiger partial charge on any atom is -0.382 e. The summed E-state index contributed by atoms with van der Waals surface area (Å²) in [6.07, 6.45) is 3.58. The van der Waals surface area contributed by atoms with E-state index in [9.17, 15) is 0 Å². The summed E-state index contributed by atoms with van der Waals surface area (Å²) in [4.78, 5) is 15.6. The molecule has 0 aromatic carbocycles. The first-order valence-electron chi connectivity index (χ1n) is 4.92. The van der Waals surface area contributed by atoms with Gasteiger partial charge < -0.3 is 16.5 Å². The van der Waals surface area contributed by atoms with E-state index < -0.39 is 0 Å². The molecule has 0 saturated heterocycles. The molecule has 0 spiro atoms. The zero-order valence-corrected chi connectivity index (χ0v) is 8.20. The van der Waals surface area contributed by atoms with E-state index >= 15 is 0 Å². The van der Waals surface area contributed by atoms with Crippen LogP contribution in [-0.4, -0.2) is 26.5 Å². The quantitative estimate of drug-likeness (QED) is 0.634. The predicted molar refractivity (Wildman–Crippen MR) is 56.1 cm³/mol. The number of hydrogen-bond donors (Lipinski definition) is 3. The number of nitrogens with zero attached hydrogens (tertiary/aromatic N) is 3. The smallest absolute Gasteiger partial charge is 0.183 e. The van der Waals surface area contributed by atoms with Gasteiger partial charge in [0.25, 0.3) is 0 Å². The maximum Gasteiger partial charge on any atom is 0.183 e. The van der Waals surface area contributed by atoms with E-state index in [0.29, 0.717) is 23.5 Å². The van der Waals surface area contributed by atoms with E-state index in [-0.39, 0.29) is 5.41 Å². The van der Waals surface area contributed by atoms with Crippen LogP contribution in [-0.2, 0) is 5.41 Å². The molecule has 2 aromatic heterocycles. The average Bonchev–Trinajstić information content (AvgIpc) is 2.92. The zero-order chi connectivity index (χ0) is 10.5. The molecule has 5 N–H and O–H groups in total. The van der Waals surface area contributed by atoms with Gasteiger partial charge in [-0.15, -0.1) is 0 Å². The topological polar surface area (TPSA) is 106 Å². The summed E-state index contributed by atoms with van der Waals surface area (Å²) >= 11 is 0. The first-order chi connectivity index (χ1) is 7.25. The predicted octanol–water partition coefficient (Wildman–Crippen LogP) is -0.0746. The van der Waals surface area contributed by atoms with Crippen molar-refractivity contribution in [1.82, 2.24) is 19.9 Å². The second-order valence-corrected chi connectivity index (χ2v) is 4.03. The Balaban J connectivity index is 2.19. The third-order valence-corrected chi connectivity index (χ3v) is 3.06. The lowest BCUT2D eigenvalue weighted by molar-refractivity contribution is 0.661. The number of H-pyrrole nitrogens is 1. The first kappa shape index (κ1) is 8.60. The molecule has 0 bridgehead atoms. The van der Waals surface area contributed by atoms with E-state index in [1.54, 1.807) is 0 Å². The van der Waals surface area contributed by atoms with Crippen molar-refractivity contribution in [1.29, 1.82) is 0 Å². The Morgan fingerprint density at radius 3 is 2.80 bits per heavy atom. The highest BCUT2D eigenvalue weighted by molar-refractivity contribution is 5.81. The minimum absolute atomic E-state index is 0.0349. The molecule has 78 valence electrons. The molecule has 0 radical (unpaired) electrons. The van der Waals surface area contributed by atoms with Crippen LogP contribution in [0.4, 0.5) is 5.82 Å². The zero-order valence-electron chi connectivity index (χ0n) is 8.20. The van der Waals surface area contributed by atoms with Crippen LogP contribution >= 0.6 is 0 Å². The van der Waals surface area contributed by atoms with Gasteiger partial charge in [-0.25, -0.2) is 15.0 Å². The van der Waals surface area contributed by atoms with E-state index in [1.807, 2.05) is 0 Å². The summed E-state index contributed by atoms with van der Waals surface area (Å²) in [5.41, 5.74) is 12.8. The molecule has 2 heterocycles. The number of imidazole rings is 1. The normalized spacial score (nSPS) is 18.2. The molecule has 6 nitrogen and oxygen atoms in total. The third-order valence-electron chi connectivity index (χ3n) is 3.06. The van der Waals surface area contributed by atoms with Gasteiger partial charge in [0.15, 0.2) is 11.5 Å². The molecule has 0 amide bonds. The van der Waals surface area contributed by atoms with Gasteiger partial charge in [0.2, 0.25) is 0 Å². The summed E-state index contributed by atoms with van der Waals surface area (Å²) in [6, 6.07) is 0. The Kier molecular flexibility index (Phi) is 1.53. The number of aromatic nitrogens is 4. The van der Waals surface area contributed by atoms with Gasteiger partial charge in [-0.2, -0.15) is 0 Å². The molecule has 1 fully saturated rings. The Bertz CT molecular complexity index is 512. The third kappa shape index (κ3) is 1.11. The van der Waals surface area contributed by atoms with Crippen molar-refractivity contribution in [2.24, 2.45) is 5.73 Å². The highest BCUT2D eigenvalue weighted by atomic mass is 15.1. The Hall–Kier alpha value is -1.69. The summed E-state index contributed by atoms with van der Waals surface area (Å²) in [5.74, 6) is 1.33. The molecule has 0 atom stereocenters. The fourth-order valence-corrected chi connectivity index (χ4v) is 1.79. The molecule has 2 aromatic rings. The van der Waals surface area contributed by atoms with Crippen LogP contribution in [0.1, 0.15) is 18.7 Å². The Labute approximate surface area is 86.1 Å². The average molecular weight is 204 g/mol. The van der Waals surface area contributed by atoms with Gasteiger partial charge in [-0.1, -0.05) is 0 Å². The number of hydrogen-bond acceptors (Lipinski definition) is 5. The molecule has 0 aliphatic heterocycles. The Morgan fingerprint density at radius 1 is 1.40 bits per heavy atom. The molecule has 1 saturated carbocycles. The van der Waals surface area contributed by atoms with Crippen molar-refractivity contribution >= 4 is 17.0 Å². The van der Waals surface area contributed by atoms with E-state index in [1.165, 1.54) is 6.33 Å². The number of rotatable bonds is 2. The molecule has 3 rings (SSSR count). The van der Waals surface area contributed by atoms with E-state index in [2.05, 4.69) is 19.9 Å². The van der Waals surface area contributed by atoms with Gasteiger partial charge in [-0.3, -0.25) is 0 Å². The second kappa shape index (κ2) is 2.66. The maximum atomic E-state index is 5.73. The Morgan fingerprint density at radius 2 is 2.20 bits per heavy atom. The first-order valence-corrected chi connectivity index (χ1v) is 4.92. The second-order valence-electron chi connectivity index (χ2n) is 4.03. The molecule has 1 aliphatic carbocycles. The minimum atomic E-state index is 0.0349. The lowest BCUT2D eigenvalue weighted by Crippen LogP contribution is -2.21. The monoisotopic (exact) mass is 204 g/mol. The van der Waals surface area contributed by atoms with Crippen LogP contribution in [0.25, 0.3) is 11.2 Å². The van der Waals surface area contributed by atoms with Crippen molar-refractivity contribution in [2.75, 3.05) is 12.3 Å². The van der Waals surface area contributed by atoms with Crippen LogP contribution in [0.3, 0.4) is 0 Å². The van der Waals surface area contributed by atoms with Gasteiger partial charge in [0.1, 0.15) is 17.7 Å². The molecule has 6 heteroatoms. The number of nitrogen functional groups attached to an aromatic ring is 1. The molecule has 1 aliphatic rings. The van der Waals surface area contributed by atoms with Crippen molar-refractivity contribution in [3.05, 3.63) is 12.2 Å². The molecule has 15 heavy (non-hydrogen) atoms. The van der Waals surface area contributed by atoms with Crippen LogP contribution in [0, 0.1) is 0 Å². The SMILES string of the molecule is NCC1(c2nc3ncnc(N)c3[nH]2)CC1. The molecule has 0 unspecified atom stereocenters. The van der Waals surface area contributed by atoms with Gasteiger partial charge in [0.05, 0.1) is 0 Å². The van der Waals surface area contributed by atoms with Gasteiger partial charge in [0, 0.05) is 12.0 Å². The summed E-state index contributed by atoms with van der Waals surface area (Å²) in [5, 5.41) is 0. The summed E-state index contributed by atoms with van der Waals surface area (Å²) < 4.78 is 0. The highest BCUT2D eigenvalue weighted by Gasteiger charge is 2.45. The van der Waals surface area contributed by atoms with Crippen molar-refractivity contribution in [2.45, 2.75) is 18.3 Å². The van der Waals surface area contributed by atoms with Crippen LogP contribution in [0.2, 0.25) is 0 Å². The fraction of sp³-hybridized carbons (Fsp3) is 0.444. The highest BCUT2D eigenvalue weighted by Crippen LogP contribution is 2.46. The van der Waals surface area contributed by atoms with Crippen LogP contribution in [0.5, 0.6) is 0 Å². The van der Waals surface area contributed by atoms with E-state index in [0.717, 1.165) is 18.7 Å². The van der Waals surface area contributed by atoms with Crippen molar-refractivity contribution in [3.8, 4) is 0 Å². The van der Waals surface area contributed by atoms with E-state index in [4.69, 9.17) is 11.5 Å². The molecular formula is C9H12N6. The van der Waals surface area contributed by atoms with Gasteiger partial charge in [-0.05, 0) is 12.8 Å². The summed E-state index contributed by atoms with van der Waals surface area (Å²) in [7, 11) is 0. The van der Waals surface area contributed by atoms with Crippen LogP contribution in [0.15, 0.2) is 6.33 Å². The van der Waals surface area contributed by atoms with Crippen LogP contribution < -0.4 is 11.5 Å². The van der Waals surface area contributed by atoms with Gasteiger partial charge >= 0.3 is 0 Å². The van der Waals surface area contributed by atoms with Crippen molar-refractivity contribution in [3.63, 3.8) is 0 Å². The summed E-state index contributed by atoms with van der Waals surface area (Å²) in [6.45, 7) is 0.611. The largest absolute Gasteiger partial charge is 0.382 e. The number of aromatic amines is 1. The number of anilines is 1. The standard InChI is InChI=1S/C9H12N6/c10-3-9(1-2-9)8-14-5-6(11)12-4-13-7(5)15-8/h4H,1-3,10H2,(H3,11,12,13,14,15). The number of nitrogens with two attached hydrogens (primary N) is 2. The lowest BCUT2D eigenvalue weighted by atomic mass is 10.1. The maximum absolute atomic E-state index is 5.73. The molecular weight excluding hydrogens is 192 g/mol. The fourth-order valence-electron chi connectivity index (χ4n) is 1.79.